The van der Waals surface area contributed by atoms with E-state index in [1.165, 1.54) is 14.7 Å². The van der Waals surface area contributed by atoms with Gasteiger partial charge in [0.25, 0.3) is 0 Å². The lowest BCUT2D eigenvalue weighted by molar-refractivity contribution is 0.630. The second-order valence-corrected chi connectivity index (χ2v) is 6.57. The summed E-state index contributed by atoms with van der Waals surface area (Å²) in [5, 5.41) is 7.89. The van der Waals surface area contributed by atoms with Gasteiger partial charge in [0.05, 0.1) is 6.04 Å². The highest BCUT2D eigenvalue weighted by Crippen LogP contribution is 2.29. The van der Waals surface area contributed by atoms with Crippen molar-refractivity contribution >= 4 is 49.9 Å². The first kappa shape index (κ1) is 13.5. The topological polar surface area (TPSA) is 12.0 Å². The van der Waals surface area contributed by atoms with Crippen LogP contribution in [0.2, 0.25) is 0 Å². The second-order valence-electron chi connectivity index (χ2n) is 3.71. The normalized spacial score (nSPS) is 12.6. The molecule has 1 aromatic heterocycles. The van der Waals surface area contributed by atoms with Gasteiger partial charge in [-0.25, -0.2) is 0 Å². The predicted octanol–water partition coefficient (Wildman–Crippen LogP) is 4.81. The summed E-state index contributed by atoms with van der Waals surface area (Å²) in [5.41, 5.74) is 2.67. The summed E-state index contributed by atoms with van der Waals surface area (Å²) in [6.45, 7) is 3.10. The van der Waals surface area contributed by atoms with Gasteiger partial charge in [0.1, 0.15) is 0 Å². The first-order chi connectivity index (χ1) is 8.22. The molecule has 1 atom stereocenters. The Kier molecular flexibility index (Phi) is 5.02. The molecule has 0 fully saturated rings. The average molecular weight is 422 g/mol. The molecule has 17 heavy (non-hydrogen) atoms. The Morgan fingerprint density at radius 2 is 2.24 bits per heavy atom. The van der Waals surface area contributed by atoms with Gasteiger partial charge in [-0.2, -0.15) is 11.3 Å². The van der Waals surface area contributed by atoms with Crippen molar-refractivity contribution in [3.05, 3.63) is 54.2 Å². The van der Waals surface area contributed by atoms with E-state index in [1.807, 2.05) is 0 Å². The van der Waals surface area contributed by atoms with Crippen molar-refractivity contribution in [1.29, 1.82) is 0 Å². The van der Waals surface area contributed by atoms with Crippen LogP contribution in [0.3, 0.4) is 0 Å². The van der Waals surface area contributed by atoms with E-state index in [4.69, 9.17) is 0 Å². The number of nitrogens with one attached hydrogen (secondary N) is 1. The van der Waals surface area contributed by atoms with E-state index in [0.29, 0.717) is 0 Å². The SMILES string of the molecule is CCNC(c1ccsc1)c1cc(Br)ccc1I. The zero-order chi connectivity index (χ0) is 12.3. The molecular weight excluding hydrogens is 409 g/mol. The van der Waals surface area contributed by atoms with E-state index in [2.05, 4.69) is 85.8 Å². The van der Waals surface area contributed by atoms with Crippen molar-refractivity contribution in [2.75, 3.05) is 6.54 Å². The second kappa shape index (κ2) is 6.31. The maximum atomic E-state index is 3.55. The number of benzene rings is 1. The summed E-state index contributed by atoms with van der Waals surface area (Å²) in [7, 11) is 0. The van der Waals surface area contributed by atoms with Crippen molar-refractivity contribution in [2.45, 2.75) is 13.0 Å². The Morgan fingerprint density at radius 1 is 1.41 bits per heavy atom. The highest BCUT2D eigenvalue weighted by atomic mass is 127. The number of rotatable bonds is 4. The van der Waals surface area contributed by atoms with Crippen LogP contribution < -0.4 is 5.32 Å². The number of thiophene rings is 1. The Morgan fingerprint density at radius 3 is 2.88 bits per heavy atom. The molecule has 4 heteroatoms. The van der Waals surface area contributed by atoms with Gasteiger partial charge in [-0.3, -0.25) is 0 Å². The molecule has 90 valence electrons. The molecule has 0 aliphatic rings. The molecule has 0 bridgehead atoms. The molecule has 0 radical (unpaired) electrons. The van der Waals surface area contributed by atoms with E-state index in [1.54, 1.807) is 11.3 Å². The summed E-state index contributed by atoms with van der Waals surface area (Å²) < 4.78 is 2.42. The van der Waals surface area contributed by atoms with Gasteiger partial charge in [-0.15, -0.1) is 0 Å². The van der Waals surface area contributed by atoms with Crippen molar-refractivity contribution in [3.63, 3.8) is 0 Å². The van der Waals surface area contributed by atoms with Gasteiger partial charge >= 0.3 is 0 Å². The van der Waals surface area contributed by atoms with Crippen molar-refractivity contribution < 1.29 is 0 Å². The van der Waals surface area contributed by atoms with Gasteiger partial charge in [-0.1, -0.05) is 22.9 Å². The molecule has 1 aromatic carbocycles. The Balaban J connectivity index is 2.42. The highest BCUT2D eigenvalue weighted by Gasteiger charge is 2.16. The number of hydrogen-bond acceptors (Lipinski definition) is 2. The molecule has 0 aliphatic carbocycles. The fourth-order valence-corrected chi connectivity index (χ4v) is 3.50. The van der Waals surface area contributed by atoms with Crippen molar-refractivity contribution in [3.8, 4) is 0 Å². The van der Waals surface area contributed by atoms with Crippen LogP contribution in [-0.2, 0) is 0 Å². The van der Waals surface area contributed by atoms with Crippen molar-refractivity contribution in [1.82, 2.24) is 5.32 Å². The molecule has 2 aromatic rings. The third-order valence-corrected chi connectivity index (χ3v) is 4.73. The minimum absolute atomic E-state index is 0.288. The molecule has 1 nitrogen and oxygen atoms in total. The van der Waals surface area contributed by atoms with Gasteiger partial charge in [-0.05, 0) is 75.3 Å². The fourth-order valence-electron chi connectivity index (χ4n) is 1.79. The molecule has 0 aliphatic heterocycles. The standard InChI is InChI=1S/C13H13BrINS/c1-2-16-13(9-5-6-17-8-9)11-7-10(14)3-4-12(11)15/h3-8,13,16H,2H2,1H3. The molecule has 1 heterocycles. The lowest BCUT2D eigenvalue weighted by Crippen LogP contribution is -2.22. The lowest BCUT2D eigenvalue weighted by atomic mass is 10.0. The van der Waals surface area contributed by atoms with E-state index < -0.39 is 0 Å². The number of hydrogen-bond donors (Lipinski definition) is 1. The van der Waals surface area contributed by atoms with E-state index in [9.17, 15) is 0 Å². The maximum absolute atomic E-state index is 3.55. The third kappa shape index (κ3) is 3.30. The van der Waals surface area contributed by atoms with Crippen LogP contribution in [-0.4, -0.2) is 6.54 Å². The highest BCUT2D eigenvalue weighted by molar-refractivity contribution is 14.1. The molecule has 0 saturated heterocycles. The van der Waals surface area contributed by atoms with Crippen LogP contribution in [0.15, 0.2) is 39.5 Å². The summed E-state index contributed by atoms with van der Waals surface area (Å²) in [6, 6.07) is 8.91. The van der Waals surface area contributed by atoms with Crippen LogP contribution in [0.5, 0.6) is 0 Å². The molecule has 1 N–H and O–H groups in total. The first-order valence-corrected chi connectivity index (χ1v) is 8.24. The van der Waals surface area contributed by atoms with E-state index >= 15 is 0 Å². The van der Waals surface area contributed by atoms with Crippen LogP contribution in [0.25, 0.3) is 0 Å². The molecule has 0 spiro atoms. The fraction of sp³-hybridized carbons (Fsp3) is 0.231. The quantitative estimate of drug-likeness (QED) is 0.698. The molecular formula is C13H13BrINS. The average Bonchev–Trinajstić information content (AvgIpc) is 2.83. The van der Waals surface area contributed by atoms with Crippen LogP contribution >= 0.6 is 49.9 Å². The van der Waals surface area contributed by atoms with E-state index in [-0.39, 0.29) is 6.04 Å². The van der Waals surface area contributed by atoms with Gasteiger partial charge in [0, 0.05) is 8.04 Å². The van der Waals surface area contributed by atoms with Crippen LogP contribution in [0.1, 0.15) is 24.1 Å². The largest absolute Gasteiger partial charge is 0.306 e. The Hall–Kier alpha value is 0.0900. The molecule has 2 rings (SSSR count). The summed E-state index contributed by atoms with van der Waals surface area (Å²) in [5.74, 6) is 0. The Labute approximate surface area is 128 Å². The summed E-state index contributed by atoms with van der Waals surface area (Å²) >= 11 is 7.69. The Bertz CT molecular complexity index is 484. The third-order valence-electron chi connectivity index (χ3n) is 2.55. The number of halogens is 2. The summed E-state index contributed by atoms with van der Waals surface area (Å²) in [4.78, 5) is 0. The predicted molar refractivity (Wildman–Crippen MR) is 86.7 cm³/mol. The molecule has 0 saturated carbocycles. The lowest BCUT2D eigenvalue weighted by Gasteiger charge is -2.19. The molecule has 0 amide bonds. The smallest absolute Gasteiger partial charge is 0.0595 e. The van der Waals surface area contributed by atoms with Crippen LogP contribution in [0.4, 0.5) is 0 Å². The van der Waals surface area contributed by atoms with Gasteiger partial charge < -0.3 is 5.32 Å². The van der Waals surface area contributed by atoms with E-state index in [0.717, 1.165) is 11.0 Å². The summed E-state index contributed by atoms with van der Waals surface area (Å²) in [6.07, 6.45) is 0. The van der Waals surface area contributed by atoms with Gasteiger partial charge in [0.15, 0.2) is 0 Å². The van der Waals surface area contributed by atoms with Crippen molar-refractivity contribution in [2.24, 2.45) is 0 Å². The molecule has 1 unspecified atom stereocenters. The zero-order valence-corrected chi connectivity index (χ0v) is 14.0. The van der Waals surface area contributed by atoms with Gasteiger partial charge in [0.2, 0.25) is 0 Å². The minimum Gasteiger partial charge on any atom is -0.306 e. The first-order valence-electron chi connectivity index (χ1n) is 5.42. The van der Waals surface area contributed by atoms with Crippen LogP contribution in [0, 0.1) is 3.57 Å². The monoisotopic (exact) mass is 421 g/mol. The minimum atomic E-state index is 0.288. The maximum Gasteiger partial charge on any atom is 0.0595 e. The zero-order valence-electron chi connectivity index (χ0n) is 9.41.